The Morgan fingerprint density at radius 2 is 1.90 bits per heavy atom. The lowest BCUT2D eigenvalue weighted by Crippen LogP contribution is -2.36. The second kappa shape index (κ2) is 11.6. The molecule has 0 saturated heterocycles. The molecule has 1 aliphatic heterocycles. The lowest BCUT2D eigenvalue weighted by atomic mass is 10.0. The van der Waals surface area contributed by atoms with E-state index in [4.69, 9.17) is 16.1 Å². The van der Waals surface area contributed by atoms with Gasteiger partial charge in [0.05, 0.1) is 23.5 Å². The van der Waals surface area contributed by atoms with Crippen LogP contribution < -0.4 is 31.8 Å². The number of rotatable bonds is 8. The summed E-state index contributed by atoms with van der Waals surface area (Å²) in [5.41, 5.74) is 4.38. The van der Waals surface area contributed by atoms with Crippen LogP contribution in [0.25, 0.3) is 0 Å². The lowest BCUT2D eigenvalue weighted by molar-refractivity contribution is -0.138. The second-order valence-electron chi connectivity index (χ2n) is 8.18. The minimum absolute atomic E-state index is 0.121. The number of benzene rings is 1. The van der Waals surface area contributed by atoms with Crippen LogP contribution in [0.3, 0.4) is 0 Å². The summed E-state index contributed by atoms with van der Waals surface area (Å²) in [5, 5.41) is 25.1. The molecule has 0 unspecified atom stereocenters. The van der Waals surface area contributed by atoms with E-state index >= 15 is 0 Å². The van der Waals surface area contributed by atoms with Crippen molar-refractivity contribution in [1.29, 1.82) is 0 Å². The molecule has 0 saturated carbocycles. The Morgan fingerprint density at radius 3 is 2.51 bits per heavy atom. The van der Waals surface area contributed by atoms with Crippen LogP contribution >= 0.6 is 0 Å². The van der Waals surface area contributed by atoms with E-state index in [1.54, 1.807) is 10.2 Å². The van der Waals surface area contributed by atoms with Crippen molar-refractivity contribution in [2.45, 2.75) is 25.3 Å². The number of hydrogen-bond acceptors (Lipinski definition) is 10. The van der Waals surface area contributed by atoms with Crippen molar-refractivity contribution < 1.29 is 41.6 Å². The number of amides is 1. The molecule has 0 atom stereocenters. The van der Waals surface area contributed by atoms with Gasteiger partial charge in [0, 0.05) is 24.8 Å². The third-order valence-corrected chi connectivity index (χ3v) is 5.54. The van der Waals surface area contributed by atoms with Crippen molar-refractivity contribution in [2.75, 3.05) is 35.6 Å². The minimum Gasteiger partial charge on any atom is -0.394 e. The number of anilines is 3. The molecule has 0 radical (unpaired) electrons. The van der Waals surface area contributed by atoms with E-state index in [0.29, 0.717) is 23.5 Å². The number of allylic oxidation sites excluding steroid dienone is 2. The number of hydrogen-bond donors (Lipinski definition) is 6. The predicted octanol–water partition coefficient (Wildman–Crippen LogP) is 2.64. The number of alkyl halides is 6. The minimum atomic E-state index is -4.84. The fourth-order valence-corrected chi connectivity index (χ4v) is 3.65. The number of fused-ring (bicyclic) bond motifs is 1. The average molecular weight is 562 g/mol. The number of carbonyl (C=O) groups is 1. The summed E-state index contributed by atoms with van der Waals surface area (Å²) in [4.78, 5) is 21.8. The van der Waals surface area contributed by atoms with Gasteiger partial charge >= 0.3 is 12.4 Å². The van der Waals surface area contributed by atoms with Gasteiger partial charge in [0.25, 0.3) is 5.91 Å². The molecule has 7 N–H and O–H groups in total. The standard InChI is InChI=1S/C22H24F6N8O3/c1-30-18(5-3-15(29)20(37)31-10-21(23,24)25)34-19-13-6-7-35(9-16(13)32-11-33-19)12-2-4-17(36(38)39)14(8-12)22(26,27)28/h2-5,8,11,30,38-39H,6-7,9-10,29H2,1H3,(H,31,37)(H,32,33,34)/b15-3-,18-5+. The number of halogens is 6. The molecule has 1 aromatic heterocycles. The maximum absolute atomic E-state index is 13.5. The molecule has 0 aliphatic carbocycles. The Morgan fingerprint density at radius 1 is 1.18 bits per heavy atom. The van der Waals surface area contributed by atoms with Gasteiger partial charge in [0.15, 0.2) is 0 Å². The summed E-state index contributed by atoms with van der Waals surface area (Å²) < 4.78 is 77.2. The van der Waals surface area contributed by atoms with Gasteiger partial charge in [0.1, 0.15) is 30.2 Å². The quantitative estimate of drug-likeness (QED) is 0.123. The number of nitrogens with one attached hydrogen (secondary N) is 3. The fourth-order valence-electron chi connectivity index (χ4n) is 3.65. The van der Waals surface area contributed by atoms with Crippen molar-refractivity contribution in [3.63, 3.8) is 0 Å². The summed E-state index contributed by atoms with van der Waals surface area (Å²) in [6, 6.07) is 3.07. The van der Waals surface area contributed by atoms with Gasteiger partial charge in [-0.25, -0.2) is 9.97 Å². The first kappa shape index (κ1) is 29.3. The van der Waals surface area contributed by atoms with Gasteiger partial charge in [0.2, 0.25) is 0 Å². The molecule has 1 amide bonds. The molecule has 1 aromatic carbocycles. The molecule has 11 nitrogen and oxygen atoms in total. The van der Waals surface area contributed by atoms with Crippen molar-refractivity contribution in [1.82, 2.24) is 20.6 Å². The number of aromatic nitrogens is 2. The van der Waals surface area contributed by atoms with E-state index in [0.717, 1.165) is 18.2 Å². The Labute approximate surface area is 217 Å². The lowest BCUT2D eigenvalue weighted by Gasteiger charge is -2.31. The molecule has 0 spiro atoms. The molecule has 0 bridgehead atoms. The summed E-state index contributed by atoms with van der Waals surface area (Å²) in [7, 11) is 1.53. The molecule has 0 fully saturated rings. The Balaban J connectivity index is 1.78. The van der Waals surface area contributed by atoms with E-state index in [-0.39, 0.29) is 24.6 Å². The highest BCUT2D eigenvalue weighted by molar-refractivity contribution is 5.92. The maximum atomic E-state index is 13.5. The third kappa shape index (κ3) is 7.64. The zero-order valence-electron chi connectivity index (χ0n) is 20.2. The van der Waals surface area contributed by atoms with Crippen LogP contribution in [0.5, 0.6) is 0 Å². The highest BCUT2D eigenvalue weighted by Gasteiger charge is 2.36. The summed E-state index contributed by atoms with van der Waals surface area (Å²) in [6.07, 6.45) is -5.45. The van der Waals surface area contributed by atoms with Crippen LogP contribution in [0.15, 0.2) is 48.2 Å². The van der Waals surface area contributed by atoms with Gasteiger partial charge in [-0.2, -0.15) is 26.3 Å². The average Bonchev–Trinajstić information content (AvgIpc) is 2.87. The van der Waals surface area contributed by atoms with E-state index < -0.39 is 47.0 Å². The highest BCUT2D eigenvalue weighted by atomic mass is 19.4. The highest BCUT2D eigenvalue weighted by Crippen LogP contribution is 2.39. The van der Waals surface area contributed by atoms with Gasteiger partial charge in [-0.05, 0) is 36.8 Å². The first-order valence-electron chi connectivity index (χ1n) is 11.1. The second-order valence-corrected chi connectivity index (χ2v) is 8.18. The van der Waals surface area contributed by atoms with Crippen molar-refractivity contribution >= 4 is 23.1 Å². The van der Waals surface area contributed by atoms with Gasteiger partial charge in [-0.1, -0.05) is 0 Å². The van der Waals surface area contributed by atoms with Crippen LogP contribution in [0, 0.1) is 0 Å². The summed E-state index contributed by atoms with van der Waals surface area (Å²) in [5.74, 6) is -0.463. The predicted molar refractivity (Wildman–Crippen MR) is 126 cm³/mol. The fraction of sp³-hybridized carbons (Fsp3) is 0.318. The molecule has 2 heterocycles. The van der Waals surface area contributed by atoms with Crippen molar-refractivity contribution in [3.8, 4) is 0 Å². The first-order chi connectivity index (χ1) is 18.2. The number of carbonyl (C=O) groups excluding carboxylic acids is 1. The molecular formula is C22H24F6N8O3. The first-order valence-corrected chi connectivity index (χ1v) is 11.1. The van der Waals surface area contributed by atoms with Crippen molar-refractivity contribution in [2.24, 2.45) is 5.73 Å². The molecule has 17 heteroatoms. The Kier molecular flexibility index (Phi) is 8.75. The van der Waals surface area contributed by atoms with E-state index in [2.05, 4.69) is 20.6 Å². The SMILES string of the molecule is CN/C(=C\C=C(/N)C(=O)NCC(F)(F)F)Nc1ncnc2c1CCN(c1ccc(N(O)O)c(C(F)(F)F)c1)C2. The number of nitrogens with two attached hydrogens (primary N) is 1. The molecule has 2 aromatic rings. The third-order valence-electron chi connectivity index (χ3n) is 5.54. The Hall–Kier alpha value is -4.25. The van der Waals surface area contributed by atoms with Gasteiger partial charge in [-0.3, -0.25) is 15.2 Å². The van der Waals surface area contributed by atoms with Crippen LogP contribution in [-0.2, 0) is 23.9 Å². The summed E-state index contributed by atoms with van der Waals surface area (Å²) >= 11 is 0. The zero-order valence-corrected chi connectivity index (χ0v) is 20.2. The molecule has 39 heavy (non-hydrogen) atoms. The van der Waals surface area contributed by atoms with Crippen LogP contribution in [0.1, 0.15) is 16.8 Å². The van der Waals surface area contributed by atoms with Crippen LogP contribution in [-0.4, -0.2) is 52.6 Å². The smallest absolute Gasteiger partial charge is 0.394 e. The van der Waals surface area contributed by atoms with E-state index in [1.165, 1.54) is 25.5 Å². The van der Waals surface area contributed by atoms with Gasteiger partial charge in [-0.15, -0.1) is 5.23 Å². The maximum Gasteiger partial charge on any atom is 0.418 e. The largest absolute Gasteiger partial charge is 0.418 e. The Bertz CT molecular complexity index is 1260. The molecular weight excluding hydrogens is 538 g/mol. The monoisotopic (exact) mass is 562 g/mol. The molecule has 1 aliphatic rings. The zero-order chi connectivity index (χ0) is 29.0. The van der Waals surface area contributed by atoms with E-state index in [9.17, 15) is 31.1 Å². The van der Waals surface area contributed by atoms with Crippen LogP contribution in [0.2, 0.25) is 0 Å². The molecule has 212 valence electrons. The van der Waals surface area contributed by atoms with Crippen molar-refractivity contribution in [3.05, 3.63) is 65.0 Å². The van der Waals surface area contributed by atoms with Gasteiger partial charge < -0.3 is 26.6 Å². The molecule has 3 rings (SSSR count). The van der Waals surface area contributed by atoms with E-state index in [1.807, 2.05) is 0 Å². The normalized spacial score (nSPS) is 14.5. The number of nitrogens with zero attached hydrogens (tertiary/aromatic N) is 4. The van der Waals surface area contributed by atoms with Crippen LogP contribution in [0.4, 0.5) is 43.5 Å². The summed E-state index contributed by atoms with van der Waals surface area (Å²) in [6.45, 7) is -1.14. The topological polar surface area (TPSA) is 152 Å².